The lowest BCUT2D eigenvalue weighted by atomic mass is 10.3. The lowest BCUT2D eigenvalue weighted by Gasteiger charge is -2.23. The van der Waals surface area contributed by atoms with Gasteiger partial charge < -0.3 is 5.32 Å². The third kappa shape index (κ3) is 3.76. The molecule has 0 saturated carbocycles. The van der Waals surface area contributed by atoms with Gasteiger partial charge in [0.25, 0.3) is 0 Å². The summed E-state index contributed by atoms with van der Waals surface area (Å²) in [6.07, 6.45) is 5.10. The number of urea groups is 1. The second-order valence-electron chi connectivity index (χ2n) is 3.78. The molecule has 0 bridgehead atoms. The van der Waals surface area contributed by atoms with Gasteiger partial charge in [-0.15, -0.1) is 0 Å². The number of rotatable bonds is 2. The number of benzene rings is 1. The summed E-state index contributed by atoms with van der Waals surface area (Å²) in [5.74, 6) is 0. The minimum absolute atomic E-state index is 0.234. The van der Waals surface area contributed by atoms with Crippen molar-refractivity contribution in [2.45, 2.75) is 6.42 Å². The van der Waals surface area contributed by atoms with Crippen molar-refractivity contribution in [3.63, 3.8) is 0 Å². The molecule has 1 aliphatic heterocycles. The summed E-state index contributed by atoms with van der Waals surface area (Å²) in [4.78, 5) is 11.6. The van der Waals surface area contributed by atoms with E-state index in [4.69, 9.17) is 11.6 Å². The number of amides is 2. The zero-order valence-corrected chi connectivity index (χ0v) is 10.1. The van der Waals surface area contributed by atoms with Crippen molar-refractivity contribution in [3.05, 3.63) is 41.4 Å². The van der Waals surface area contributed by atoms with Gasteiger partial charge in [-0.2, -0.15) is 0 Å². The Balaban J connectivity index is 1.84. The number of hydrogen-bond donors (Lipinski definition) is 2. The van der Waals surface area contributed by atoms with Crippen molar-refractivity contribution in [3.8, 4) is 0 Å². The molecule has 90 valence electrons. The molecule has 5 heteroatoms. The number of carbonyl (C=O) groups excluding carboxylic acids is 1. The predicted octanol–water partition coefficient (Wildman–Crippen LogP) is 2.64. The van der Waals surface area contributed by atoms with E-state index in [2.05, 4.69) is 16.8 Å². The van der Waals surface area contributed by atoms with Gasteiger partial charge in [0, 0.05) is 23.8 Å². The van der Waals surface area contributed by atoms with E-state index in [1.807, 2.05) is 11.1 Å². The van der Waals surface area contributed by atoms with E-state index in [0.717, 1.165) is 25.2 Å². The maximum absolute atomic E-state index is 11.6. The molecule has 2 N–H and O–H groups in total. The molecule has 1 aromatic rings. The Kier molecular flexibility index (Phi) is 4.01. The Morgan fingerprint density at radius 1 is 1.24 bits per heavy atom. The van der Waals surface area contributed by atoms with E-state index in [9.17, 15) is 4.79 Å². The summed E-state index contributed by atoms with van der Waals surface area (Å²) >= 11 is 5.76. The highest BCUT2D eigenvalue weighted by atomic mass is 35.5. The lowest BCUT2D eigenvalue weighted by molar-refractivity contribution is 0.196. The highest BCUT2D eigenvalue weighted by molar-refractivity contribution is 6.30. The van der Waals surface area contributed by atoms with Gasteiger partial charge in [0.15, 0.2) is 0 Å². The first-order valence-corrected chi connectivity index (χ1v) is 5.85. The maximum Gasteiger partial charge on any atom is 0.333 e. The van der Waals surface area contributed by atoms with Crippen molar-refractivity contribution in [2.75, 3.05) is 18.4 Å². The Hall–Kier alpha value is -1.52. The topological polar surface area (TPSA) is 44.4 Å². The molecule has 0 aromatic heterocycles. The Morgan fingerprint density at radius 2 is 2.00 bits per heavy atom. The zero-order valence-electron chi connectivity index (χ0n) is 9.32. The number of hydrazine groups is 1. The van der Waals surface area contributed by atoms with Crippen LogP contribution in [0.1, 0.15) is 6.42 Å². The highest BCUT2D eigenvalue weighted by Crippen LogP contribution is 2.13. The van der Waals surface area contributed by atoms with Crippen molar-refractivity contribution < 1.29 is 4.79 Å². The minimum Gasteiger partial charge on any atom is -0.307 e. The number of nitrogens with zero attached hydrogens (tertiary/aromatic N) is 1. The minimum atomic E-state index is -0.234. The number of nitrogens with one attached hydrogen (secondary N) is 2. The highest BCUT2D eigenvalue weighted by Gasteiger charge is 2.09. The van der Waals surface area contributed by atoms with E-state index >= 15 is 0 Å². The van der Waals surface area contributed by atoms with Crippen LogP contribution in [0.15, 0.2) is 36.4 Å². The molecular formula is C12H14ClN3O. The van der Waals surface area contributed by atoms with Crippen molar-refractivity contribution in [1.29, 1.82) is 0 Å². The second-order valence-corrected chi connectivity index (χ2v) is 4.22. The van der Waals surface area contributed by atoms with Gasteiger partial charge in [-0.05, 0) is 30.7 Å². The first-order chi connectivity index (χ1) is 8.24. The molecule has 1 heterocycles. The summed E-state index contributed by atoms with van der Waals surface area (Å²) in [5.41, 5.74) is 3.50. The Morgan fingerprint density at radius 3 is 2.65 bits per heavy atom. The summed E-state index contributed by atoms with van der Waals surface area (Å²) in [6, 6.07) is 6.76. The van der Waals surface area contributed by atoms with Crippen LogP contribution in [0.2, 0.25) is 5.02 Å². The number of carbonyl (C=O) groups is 1. The van der Waals surface area contributed by atoms with Gasteiger partial charge in [-0.3, -0.25) is 5.43 Å². The standard InChI is InChI=1S/C12H14ClN3O/c13-10-4-6-11(7-5-10)14-12(17)15-16-8-2-1-3-9-16/h1-2,4-7H,3,8-9H2,(H2,14,15,17). The molecule has 0 fully saturated rings. The summed E-state index contributed by atoms with van der Waals surface area (Å²) in [6.45, 7) is 1.58. The fraction of sp³-hybridized carbons (Fsp3) is 0.250. The normalized spacial score (nSPS) is 15.6. The zero-order chi connectivity index (χ0) is 12.1. The molecule has 1 aliphatic rings. The first-order valence-electron chi connectivity index (χ1n) is 5.47. The molecule has 2 rings (SSSR count). The van der Waals surface area contributed by atoms with Crippen LogP contribution in [-0.4, -0.2) is 24.1 Å². The van der Waals surface area contributed by atoms with Gasteiger partial charge >= 0.3 is 6.03 Å². The molecule has 0 radical (unpaired) electrons. The van der Waals surface area contributed by atoms with Crippen LogP contribution in [-0.2, 0) is 0 Å². The summed E-state index contributed by atoms with van der Waals surface area (Å²) < 4.78 is 0. The van der Waals surface area contributed by atoms with Crippen molar-refractivity contribution >= 4 is 23.3 Å². The second kappa shape index (κ2) is 5.70. The van der Waals surface area contributed by atoms with E-state index in [-0.39, 0.29) is 6.03 Å². The van der Waals surface area contributed by atoms with Crippen LogP contribution in [0.5, 0.6) is 0 Å². The fourth-order valence-electron chi connectivity index (χ4n) is 1.58. The number of halogens is 1. The van der Waals surface area contributed by atoms with E-state index < -0.39 is 0 Å². The molecule has 0 unspecified atom stereocenters. The van der Waals surface area contributed by atoms with Crippen molar-refractivity contribution in [1.82, 2.24) is 10.4 Å². The average molecular weight is 252 g/mol. The predicted molar refractivity (Wildman–Crippen MR) is 68.9 cm³/mol. The molecular weight excluding hydrogens is 238 g/mol. The third-order valence-corrected chi connectivity index (χ3v) is 2.67. The van der Waals surface area contributed by atoms with Crippen LogP contribution >= 0.6 is 11.6 Å². The van der Waals surface area contributed by atoms with E-state index in [1.54, 1.807) is 24.3 Å². The van der Waals surface area contributed by atoms with Crippen LogP contribution in [0, 0.1) is 0 Å². The Bertz CT molecular complexity index is 416. The fourth-order valence-corrected chi connectivity index (χ4v) is 1.70. The van der Waals surface area contributed by atoms with Gasteiger partial charge in [0.2, 0.25) is 0 Å². The van der Waals surface area contributed by atoms with Gasteiger partial charge in [0.05, 0.1) is 0 Å². The molecule has 0 aliphatic carbocycles. The number of hydrogen-bond acceptors (Lipinski definition) is 2. The largest absolute Gasteiger partial charge is 0.333 e. The van der Waals surface area contributed by atoms with Crippen molar-refractivity contribution in [2.24, 2.45) is 0 Å². The number of anilines is 1. The molecule has 2 amide bonds. The first kappa shape index (κ1) is 12.0. The van der Waals surface area contributed by atoms with Crippen LogP contribution in [0.4, 0.5) is 10.5 Å². The van der Waals surface area contributed by atoms with Crippen LogP contribution < -0.4 is 10.7 Å². The van der Waals surface area contributed by atoms with Crippen LogP contribution in [0.25, 0.3) is 0 Å². The quantitative estimate of drug-likeness (QED) is 0.794. The van der Waals surface area contributed by atoms with Crippen LogP contribution in [0.3, 0.4) is 0 Å². The smallest absolute Gasteiger partial charge is 0.307 e. The molecule has 4 nitrogen and oxygen atoms in total. The monoisotopic (exact) mass is 251 g/mol. The maximum atomic E-state index is 11.6. The Labute approximate surface area is 105 Å². The van der Waals surface area contributed by atoms with E-state index in [0.29, 0.717) is 5.02 Å². The third-order valence-electron chi connectivity index (χ3n) is 2.42. The molecule has 17 heavy (non-hydrogen) atoms. The van der Waals surface area contributed by atoms with Gasteiger partial charge in [-0.1, -0.05) is 23.8 Å². The summed E-state index contributed by atoms with van der Waals surface area (Å²) in [7, 11) is 0. The molecule has 1 aromatic carbocycles. The molecule has 0 atom stereocenters. The molecule has 0 spiro atoms. The average Bonchev–Trinajstić information content (AvgIpc) is 2.33. The molecule has 0 saturated heterocycles. The lowest BCUT2D eigenvalue weighted by Crippen LogP contribution is -2.45. The SMILES string of the molecule is O=C(Nc1ccc(Cl)cc1)NN1CC=CCC1. The van der Waals surface area contributed by atoms with E-state index in [1.165, 1.54) is 0 Å². The van der Waals surface area contributed by atoms with Gasteiger partial charge in [0.1, 0.15) is 0 Å². The van der Waals surface area contributed by atoms with Gasteiger partial charge in [-0.25, -0.2) is 9.80 Å². The summed E-state index contributed by atoms with van der Waals surface area (Å²) in [5, 5.41) is 5.26.